The van der Waals surface area contributed by atoms with E-state index >= 15 is 0 Å². The predicted octanol–water partition coefficient (Wildman–Crippen LogP) is 3.69. The molecule has 3 nitrogen and oxygen atoms in total. The summed E-state index contributed by atoms with van der Waals surface area (Å²) < 4.78 is 0. The monoisotopic (exact) mass is 268 g/mol. The van der Waals surface area contributed by atoms with Crippen molar-refractivity contribution in [3.63, 3.8) is 0 Å². The molecule has 100 valence electrons. The molecule has 0 bridgehead atoms. The average molecular weight is 269 g/mol. The summed E-state index contributed by atoms with van der Waals surface area (Å²) in [5.74, 6) is -0.160. The summed E-state index contributed by atoms with van der Waals surface area (Å²) in [6.45, 7) is 4.32. The van der Waals surface area contributed by atoms with E-state index in [1.54, 1.807) is 19.2 Å². The zero-order valence-electron chi connectivity index (χ0n) is 11.2. The van der Waals surface area contributed by atoms with Crippen LogP contribution in [0.5, 0.6) is 0 Å². The lowest BCUT2D eigenvalue weighted by Crippen LogP contribution is -2.20. The average Bonchev–Trinajstić information content (AvgIpc) is 2.39. The van der Waals surface area contributed by atoms with Crippen LogP contribution in [0.2, 0.25) is 5.02 Å². The zero-order chi connectivity index (χ0) is 13.5. The van der Waals surface area contributed by atoms with E-state index in [-0.39, 0.29) is 5.91 Å². The highest BCUT2D eigenvalue weighted by Crippen LogP contribution is 2.22. The fourth-order valence-electron chi connectivity index (χ4n) is 1.89. The highest BCUT2D eigenvalue weighted by Gasteiger charge is 2.11. The number of rotatable bonds is 6. The molecule has 0 saturated heterocycles. The van der Waals surface area contributed by atoms with Crippen LogP contribution in [0.25, 0.3) is 0 Å². The molecule has 1 aromatic carbocycles. The highest BCUT2D eigenvalue weighted by molar-refractivity contribution is 6.34. The zero-order valence-corrected chi connectivity index (χ0v) is 12.0. The SMILES string of the molecule is CCCC(CC)Nc1ccc(Cl)c(C(=O)NC)c1. The molecule has 0 radical (unpaired) electrons. The van der Waals surface area contributed by atoms with E-state index in [2.05, 4.69) is 24.5 Å². The van der Waals surface area contributed by atoms with Crippen molar-refractivity contribution in [1.82, 2.24) is 5.32 Å². The Kier molecular flexibility index (Phi) is 5.99. The molecule has 18 heavy (non-hydrogen) atoms. The standard InChI is InChI=1S/C14H21ClN2O/c1-4-6-10(5-2)17-11-7-8-13(15)12(9-11)14(18)16-3/h7-10,17H,4-6H2,1-3H3,(H,16,18). The van der Waals surface area contributed by atoms with Gasteiger partial charge < -0.3 is 10.6 Å². The molecule has 1 amide bonds. The molecule has 2 N–H and O–H groups in total. The van der Waals surface area contributed by atoms with Gasteiger partial charge in [0, 0.05) is 18.8 Å². The van der Waals surface area contributed by atoms with Crippen molar-refractivity contribution in [2.24, 2.45) is 0 Å². The summed E-state index contributed by atoms with van der Waals surface area (Å²) in [6, 6.07) is 5.91. The summed E-state index contributed by atoms with van der Waals surface area (Å²) in [5.41, 5.74) is 1.45. The largest absolute Gasteiger partial charge is 0.382 e. The van der Waals surface area contributed by atoms with E-state index in [0.29, 0.717) is 16.6 Å². The van der Waals surface area contributed by atoms with Crippen LogP contribution in [0.1, 0.15) is 43.5 Å². The van der Waals surface area contributed by atoms with Crippen LogP contribution in [-0.2, 0) is 0 Å². The van der Waals surface area contributed by atoms with Crippen LogP contribution < -0.4 is 10.6 Å². The Morgan fingerprint density at radius 3 is 2.67 bits per heavy atom. The molecule has 0 fully saturated rings. The van der Waals surface area contributed by atoms with Gasteiger partial charge in [-0.2, -0.15) is 0 Å². The molecule has 1 unspecified atom stereocenters. The van der Waals surface area contributed by atoms with Crippen LogP contribution in [0.4, 0.5) is 5.69 Å². The van der Waals surface area contributed by atoms with Gasteiger partial charge in [0.1, 0.15) is 0 Å². The lowest BCUT2D eigenvalue weighted by molar-refractivity contribution is 0.0963. The van der Waals surface area contributed by atoms with Crippen molar-refractivity contribution in [3.8, 4) is 0 Å². The smallest absolute Gasteiger partial charge is 0.252 e. The van der Waals surface area contributed by atoms with Gasteiger partial charge >= 0.3 is 0 Å². The van der Waals surface area contributed by atoms with Gasteiger partial charge in [-0.25, -0.2) is 0 Å². The van der Waals surface area contributed by atoms with E-state index in [9.17, 15) is 4.79 Å². The third-order valence-electron chi connectivity index (χ3n) is 2.94. The van der Waals surface area contributed by atoms with Gasteiger partial charge in [-0.15, -0.1) is 0 Å². The molecule has 1 atom stereocenters. The van der Waals surface area contributed by atoms with Crippen LogP contribution in [0.3, 0.4) is 0 Å². The fourth-order valence-corrected chi connectivity index (χ4v) is 2.09. The summed E-state index contributed by atoms with van der Waals surface area (Å²) in [6.07, 6.45) is 3.32. The van der Waals surface area contributed by atoms with Crippen LogP contribution in [-0.4, -0.2) is 19.0 Å². The Hall–Kier alpha value is -1.22. The van der Waals surface area contributed by atoms with Crippen molar-refractivity contribution in [3.05, 3.63) is 28.8 Å². The Morgan fingerprint density at radius 1 is 1.39 bits per heavy atom. The quantitative estimate of drug-likeness (QED) is 0.826. The van der Waals surface area contributed by atoms with E-state index in [1.165, 1.54) is 0 Å². The summed E-state index contributed by atoms with van der Waals surface area (Å²) in [5, 5.41) is 6.50. The Bertz CT molecular complexity index is 407. The van der Waals surface area contributed by atoms with Gasteiger partial charge in [0.15, 0.2) is 0 Å². The summed E-state index contributed by atoms with van der Waals surface area (Å²) in [7, 11) is 1.60. The van der Waals surface area contributed by atoms with Gasteiger partial charge in [0.05, 0.1) is 10.6 Å². The number of amides is 1. The Balaban J connectivity index is 2.87. The Labute approximate surface area is 114 Å². The number of anilines is 1. The first-order valence-corrected chi connectivity index (χ1v) is 6.78. The van der Waals surface area contributed by atoms with Gasteiger partial charge in [-0.3, -0.25) is 4.79 Å². The molecule has 0 aliphatic rings. The topological polar surface area (TPSA) is 41.1 Å². The van der Waals surface area contributed by atoms with Crippen LogP contribution in [0, 0.1) is 0 Å². The minimum absolute atomic E-state index is 0.160. The maximum atomic E-state index is 11.6. The van der Waals surface area contributed by atoms with Crippen LogP contribution >= 0.6 is 11.6 Å². The molecule has 4 heteroatoms. The van der Waals surface area contributed by atoms with Crippen molar-refractivity contribution < 1.29 is 4.79 Å². The molecular formula is C14H21ClN2O. The molecule has 0 aliphatic heterocycles. The molecule has 1 aromatic rings. The lowest BCUT2D eigenvalue weighted by atomic mass is 10.1. The highest BCUT2D eigenvalue weighted by atomic mass is 35.5. The minimum Gasteiger partial charge on any atom is -0.382 e. The molecule has 0 aliphatic carbocycles. The van der Waals surface area contributed by atoms with Crippen LogP contribution in [0.15, 0.2) is 18.2 Å². The summed E-state index contributed by atoms with van der Waals surface area (Å²) in [4.78, 5) is 11.6. The van der Waals surface area contributed by atoms with Gasteiger partial charge in [-0.05, 0) is 31.0 Å². The first kappa shape index (κ1) is 14.8. The number of carbonyl (C=O) groups is 1. The molecule has 0 heterocycles. The molecule has 1 rings (SSSR count). The number of carbonyl (C=O) groups excluding carboxylic acids is 1. The normalized spacial score (nSPS) is 12.0. The van der Waals surface area contributed by atoms with E-state index < -0.39 is 0 Å². The first-order chi connectivity index (χ1) is 8.62. The maximum absolute atomic E-state index is 11.6. The maximum Gasteiger partial charge on any atom is 0.252 e. The van der Waals surface area contributed by atoms with Gasteiger partial charge in [0.2, 0.25) is 0 Å². The number of hydrogen-bond acceptors (Lipinski definition) is 2. The Morgan fingerprint density at radius 2 is 2.11 bits per heavy atom. The van der Waals surface area contributed by atoms with Gasteiger partial charge in [0.25, 0.3) is 5.91 Å². The molecular weight excluding hydrogens is 248 g/mol. The van der Waals surface area contributed by atoms with E-state index in [0.717, 1.165) is 24.9 Å². The molecule has 0 saturated carbocycles. The number of hydrogen-bond donors (Lipinski definition) is 2. The molecule has 0 spiro atoms. The number of halogens is 1. The second-order valence-electron chi connectivity index (χ2n) is 4.31. The lowest BCUT2D eigenvalue weighted by Gasteiger charge is -2.18. The first-order valence-electron chi connectivity index (χ1n) is 6.40. The fraction of sp³-hybridized carbons (Fsp3) is 0.500. The third kappa shape index (κ3) is 3.91. The number of benzene rings is 1. The van der Waals surface area contributed by atoms with Crippen molar-refractivity contribution >= 4 is 23.2 Å². The van der Waals surface area contributed by atoms with Gasteiger partial charge in [-0.1, -0.05) is 31.9 Å². The predicted molar refractivity (Wildman–Crippen MR) is 77.5 cm³/mol. The van der Waals surface area contributed by atoms with Crippen molar-refractivity contribution in [1.29, 1.82) is 0 Å². The number of nitrogens with one attached hydrogen (secondary N) is 2. The van der Waals surface area contributed by atoms with Crippen molar-refractivity contribution in [2.45, 2.75) is 39.2 Å². The summed E-state index contributed by atoms with van der Waals surface area (Å²) >= 11 is 6.01. The molecule has 0 aromatic heterocycles. The van der Waals surface area contributed by atoms with Crippen molar-refractivity contribution in [2.75, 3.05) is 12.4 Å². The van der Waals surface area contributed by atoms with E-state index in [4.69, 9.17) is 11.6 Å². The third-order valence-corrected chi connectivity index (χ3v) is 3.27. The second-order valence-corrected chi connectivity index (χ2v) is 4.72. The van der Waals surface area contributed by atoms with E-state index in [1.807, 2.05) is 6.07 Å². The minimum atomic E-state index is -0.160. The second kappa shape index (κ2) is 7.27.